The largest absolute Gasteiger partial charge is 0.618 e. The van der Waals surface area contributed by atoms with E-state index in [1.165, 1.54) is 18.3 Å². The smallest absolute Gasteiger partial charge is 0.317 e. The maximum absolute atomic E-state index is 13.3. The molecule has 1 aromatic heterocycles. The van der Waals surface area contributed by atoms with E-state index in [-0.39, 0.29) is 11.6 Å². The van der Waals surface area contributed by atoms with Gasteiger partial charge in [0.05, 0.1) is 0 Å². The van der Waals surface area contributed by atoms with E-state index in [0.29, 0.717) is 30.1 Å². The second-order valence-electron chi connectivity index (χ2n) is 5.82. The first kappa shape index (κ1) is 16.2. The lowest BCUT2D eigenvalue weighted by Crippen LogP contribution is -2.40. The van der Waals surface area contributed by atoms with Gasteiger partial charge in [-0.3, -0.25) is 4.79 Å². The molecule has 1 atom stereocenters. The minimum Gasteiger partial charge on any atom is -0.618 e. The molecule has 5 nitrogen and oxygen atoms in total. The van der Waals surface area contributed by atoms with Crippen LogP contribution in [-0.4, -0.2) is 25.5 Å². The summed E-state index contributed by atoms with van der Waals surface area (Å²) in [5.74, 6) is -1.97. The highest BCUT2D eigenvalue weighted by Gasteiger charge is 2.25. The molecule has 2 heterocycles. The molecule has 0 aliphatic carbocycles. The summed E-state index contributed by atoms with van der Waals surface area (Å²) in [4.78, 5) is 14.0. The van der Waals surface area contributed by atoms with Crippen molar-refractivity contribution in [3.05, 3.63) is 65.1 Å². The Labute approximate surface area is 138 Å². The predicted molar refractivity (Wildman–Crippen MR) is 84.4 cm³/mol. The fourth-order valence-corrected chi connectivity index (χ4v) is 2.85. The third kappa shape index (κ3) is 3.45. The van der Waals surface area contributed by atoms with Crippen LogP contribution in [0.2, 0.25) is 0 Å². The summed E-state index contributed by atoms with van der Waals surface area (Å²) in [7, 11) is 0. The summed E-state index contributed by atoms with van der Waals surface area (Å²) >= 11 is 0. The summed E-state index contributed by atoms with van der Waals surface area (Å²) in [6, 6.07) is 8.49. The molecule has 1 N–H and O–H groups in total. The van der Waals surface area contributed by atoms with Crippen molar-refractivity contribution in [2.75, 3.05) is 24.5 Å². The van der Waals surface area contributed by atoms with Gasteiger partial charge < -0.3 is 15.4 Å². The topological polar surface area (TPSA) is 59.3 Å². The highest BCUT2D eigenvalue weighted by Crippen LogP contribution is 2.25. The van der Waals surface area contributed by atoms with Crippen molar-refractivity contribution in [1.29, 1.82) is 0 Å². The monoisotopic (exact) mass is 333 g/mol. The van der Waals surface area contributed by atoms with Crippen LogP contribution < -0.4 is 14.9 Å². The first-order valence-electron chi connectivity index (χ1n) is 7.71. The predicted octanol–water partition coefficient (Wildman–Crippen LogP) is 1.85. The number of amides is 1. The summed E-state index contributed by atoms with van der Waals surface area (Å²) in [6.45, 7) is 1.77. The summed E-state index contributed by atoms with van der Waals surface area (Å²) in [6.07, 6.45) is 2.10. The number of carbonyl (C=O) groups is 1. The molecule has 1 unspecified atom stereocenters. The van der Waals surface area contributed by atoms with Crippen LogP contribution in [0.4, 0.5) is 14.5 Å². The van der Waals surface area contributed by atoms with Crippen LogP contribution in [0.3, 0.4) is 0 Å². The normalized spacial score (nSPS) is 17.1. The van der Waals surface area contributed by atoms with E-state index in [0.717, 1.165) is 12.5 Å². The fraction of sp³-hybridized carbons (Fsp3) is 0.294. The zero-order chi connectivity index (χ0) is 17.1. The molecular formula is C17H17F2N3O2. The molecule has 0 saturated carbocycles. The number of pyridine rings is 1. The van der Waals surface area contributed by atoms with E-state index in [1.54, 1.807) is 18.2 Å². The van der Waals surface area contributed by atoms with Crippen LogP contribution in [0, 0.1) is 22.8 Å². The second kappa shape index (κ2) is 6.82. The molecule has 1 saturated heterocycles. The Morgan fingerprint density at radius 3 is 2.88 bits per heavy atom. The summed E-state index contributed by atoms with van der Waals surface area (Å²) in [5.41, 5.74) is 0.677. The van der Waals surface area contributed by atoms with E-state index < -0.39 is 17.5 Å². The molecule has 1 amide bonds. The highest BCUT2D eigenvalue weighted by molar-refractivity contribution is 5.90. The Hall–Kier alpha value is -2.70. The van der Waals surface area contributed by atoms with Crippen molar-refractivity contribution in [1.82, 2.24) is 5.32 Å². The number of hydrogen-bond acceptors (Lipinski definition) is 3. The van der Waals surface area contributed by atoms with Crippen LogP contribution in [0.1, 0.15) is 16.9 Å². The number of hydrogen-bond donors (Lipinski definition) is 1. The Kier molecular flexibility index (Phi) is 4.59. The SMILES string of the molecule is O=C(NCC1CCN(c2ccc(F)c(F)c2)C1)c1cccc[n+]1[O-]. The van der Waals surface area contributed by atoms with Gasteiger partial charge in [-0.15, -0.1) is 0 Å². The lowest BCUT2D eigenvalue weighted by Gasteiger charge is -2.19. The Morgan fingerprint density at radius 1 is 1.29 bits per heavy atom. The van der Waals surface area contributed by atoms with Crippen molar-refractivity contribution in [3.8, 4) is 0 Å². The molecule has 1 aromatic carbocycles. The number of nitrogens with zero attached hydrogens (tertiary/aromatic N) is 2. The minimum absolute atomic E-state index is 0.0490. The van der Waals surface area contributed by atoms with Crippen LogP contribution >= 0.6 is 0 Å². The van der Waals surface area contributed by atoms with Gasteiger partial charge >= 0.3 is 5.91 Å². The molecule has 126 valence electrons. The van der Waals surface area contributed by atoms with E-state index in [2.05, 4.69) is 5.32 Å². The zero-order valence-electron chi connectivity index (χ0n) is 12.9. The van der Waals surface area contributed by atoms with Gasteiger partial charge in [0.15, 0.2) is 17.8 Å². The van der Waals surface area contributed by atoms with Crippen molar-refractivity contribution >= 4 is 11.6 Å². The zero-order valence-corrected chi connectivity index (χ0v) is 12.9. The Morgan fingerprint density at radius 2 is 2.12 bits per heavy atom. The number of anilines is 1. The minimum atomic E-state index is -0.867. The summed E-state index contributed by atoms with van der Waals surface area (Å²) in [5, 5.41) is 14.3. The van der Waals surface area contributed by atoms with Crippen molar-refractivity contribution in [3.63, 3.8) is 0 Å². The van der Waals surface area contributed by atoms with Crippen LogP contribution in [0.15, 0.2) is 42.6 Å². The molecule has 1 fully saturated rings. The van der Waals surface area contributed by atoms with Crippen molar-refractivity contribution < 1.29 is 18.3 Å². The fourth-order valence-electron chi connectivity index (χ4n) is 2.85. The molecule has 2 aromatic rings. The third-order valence-electron chi connectivity index (χ3n) is 4.16. The molecule has 0 bridgehead atoms. The molecule has 3 rings (SSSR count). The van der Waals surface area contributed by atoms with Gasteiger partial charge in [0.1, 0.15) is 0 Å². The van der Waals surface area contributed by atoms with Gasteiger partial charge in [0.25, 0.3) is 5.69 Å². The first-order valence-corrected chi connectivity index (χ1v) is 7.71. The average Bonchev–Trinajstić information content (AvgIpc) is 3.04. The third-order valence-corrected chi connectivity index (χ3v) is 4.16. The van der Waals surface area contributed by atoms with Gasteiger partial charge in [-0.25, -0.2) is 8.78 Å². The number of aromatic nitrogens is 1. The molecule has 1 aliphatic heterocycles. The molecule has 0 spiro atoms. The summed E-state index contributed by atoms with van der Waals surface area (Å²) < 4.78 is 26.8. The number of benzene rings is 1. The van der Waals surface area contributed by atoms with E-state index >= 15 is 0 Å². The van der Waals surface area contributed by atoms with Crippen molar-refractivity contribution in [2.45, 2.75) is 6.42 Å². The molecule has 7 heteroatoms. The quantitative estimate of drug-likeness (QED) is 0.686. The van der Waals surface area contributed by atoms with E-state index in [1.807, 2.05) is 4.90 Å². The van der Waals surface area contributed by atoms with Gasteiger partial charge in [-0.1, -0.05) is 0 Å². The van der Waals surface area contributed by atoms with E-state index in [9.17, 15) is 18.8 Å². The maximum Gasteiger partial charge on any atom is 0.317 e. The number of rotatable bonds is 4. The maximum atomic E-state index is 13.3. The second-order valence-corrected chi connectivity index (χ2v) is 5.82. The molecule has 0 radical (unpaired) electrons. The van der Waals surface area contributed by atoms with Gasteiger partial charge in [-0.2, -0.15) is 4.73 Å². The lowest BCUT2D eigenvalue weighted by atomic mass is 10.1. The standard InChI is InChI=1S/C17H17F2N3O2/c18-14-5-4-13(9-15(14)19)21-8-6-12(11-21)10-20-17(23)16-3-1-2-7-22(16)24/h1-5,7,9,12H,6,8,10-11H2,(H,20,23). The number of nitrogens with one attached hydrogen (secondary N) is 1. The van der Waals surface area contributed by atoms with Crippen LogP contribution in [-0.2, 0) is 0 Å². The lowest BCUT2D eigenvalue weighted by molar-refractivity contribution is -0.607. The molecule has 24 heavy (non-hydrogen) atoms. The van der Waals surface area contributed by atoms with E-state index in [4.69, 9.17) is 0 Å². The molecule has 1 aliphatic rings. The van der Waals surface area contributed by atoms with Crippen molar-refractivity contribution in [2.24, 2.45) is 5.92 Å². The highest BCUT2D eigenvalue weighted by atomic mass is 19.2. The van der Waals surface area contributed by atoms with Crippen LogP contribution in [0.5, 0.6) is 0 Å². The van der Waals surface area contributed by atoms with Crippen LogP contribution in [0.25, 0.3) is 0 Å². The molecular weight excluding hydrogens is 316 g/mol. The average molecular weight is 333 g/mol. The first-order chi connectivity index (χ1) is 11.5. The van der Waals surface area contributed by atoms with Gasteiger partial charge in [-0.05, 0) is 30.5 Å². The Balaban J connectivity index is 1.56. The van der Waals surface area contributed by atoms with Gasteiger partial charge in [0, 0.05) is 43.5 Å². The number of carbonyl (C=O) groups excluding carboxylic acids is 1. The number of halogens is 2. The Bertz CT molecular complexity index is 754. The van der Waals surface area contributed by atoms with Gasteiger partial charge in [0.2, 0.25) is 0 Å².